The maximum atomic E-state index is 6.14. The van der Waals surface area contributed by atoms with Gasteiger partial charge >= 0.3 is 0 Å². The average molecular weight is 240 g/mol. The first kappa shape index (κ1) is 11.3. The van der Waals surface area contributed by atoms with E-state index in [9.17, 15) is 0 Å². The van der Waals surface area contributed by atoms with Crippen molar-refractivity contribution >= 4 is 0 Å². The zero-order valence-corrected chi connectivity index (χ0v) is 9.95. The van der Waals surface area contributed by atoms with Crippen LogP contribution in [0.5, 0.6) is 0 Å². The van der Waals surface area contributed by atoms with Crippen molar-refractivity contribution in [2.24, 2.45) is 5.73 Å². The van der Waals surface area contributed by atoms with Gasteiger partial charge in [0.25, 0.3) is 0 Å². The van der Waals surface area contributed by atoms with Crippen molar-refractivity contribution in [2.45, 2.75) is 18.1 Å². The molecule has 1 saturated heterocycles. The third-order valence-electron chi connectivity index (χ3n) is 3.38. The van der Waals surface area contributed by atoms with Crippen molar-refractivity contribution in [1.29, 1.82) is 0 Å². The first-order chi connectivity index (χ1) is 8.86. The number of benzene rings is 1. The van der Waals surface area contributed by atoms with Gasteiger partial charge in [-0.1, -0.05) is 36.4 Å². The number of aromatic nitrogens is 1. The molecule has 1 aromatic heterocycles. The number of hydrogen-bond donors (Lipinski definition) is 3. The summed E-state index contributed by atoms with van der Waals surface area (Å²) in [7, 11) is 0. The zero-order valence-electron chi connectivity index (χ0n) is 9.95. The molecule has 0 amide bonds. The molecule has 3 unspecified atom stereocenters. The summed E-state index contributed by atoms with van der Waals surface area (Å²) in [5.74, 6) is 0.204. The fourth-order valence-corrected chi connectivity index (χ4v) is 2.50. The summed E-state index contributed by atoms with van der Waals surface area (Å²) in [5.41, 5.74) is 14.9. The van der Waals surface area contributed by atoms with Crippen LogP contribution >= 0.6 is 0 Å². The van der Waals surface area contributed by atoms with Gasteiger partial charge in [0, 0.05) is 18.3 Å². The Morgan fingerprint density at radius 3 is 2.44 bits per heavy atom. The Kier molecular flexibility index (Phi) is 3.06. The summed E-state index contributed by atoms with van der Waals surface area (Å²) >= 11 is 0. The van der Waals surface area contributed by atoms with E-state index in [0.717, 1.165) is 5.56 Å². The highest BCUT2D eigenvalue weighted by atomic mass is 15.5. The summed E-state index contributed by atoms with van der Waals surface area (Å²) in [6.07, 6.45) is 3.56. The van der Waals surface area contributed by atoms with Crippen LogP contribution < -0.4 is 16.6 Å². The summed E-state index contributed by atoms with van der Waals surface area (Å²) in [4.78, 5) is 4.17. The quantitative estimate of drug-likeness (QED) is 0.740. The maximum absolute atomic E-state index is 6.14. The van der Waals surface area contributed by atoms with E-state index in [0.29, 0.717) is 0 Å². The Bertz CT molecular complexity index is 500. The average Bonchev–Trinajstić information content (AvgIpc) is 2.83. The van der Waals surface area contributed by atoms with E-state index in [-0.39, 0.29) is 18.1 Å². The van der Waals surface area contributed by atoms with E-state index >= 15 is 0 Å². The lowest BCUT2D eigenvalue weighted by Crippen LogP contribution is -2.38. The van der Waals surface area contributed by atoms with Crippen LogP contribution in [0.4, 0.5) is 0 Å². The monoisotopic (exact) mass is 240 g/mol. The molecule has 1 aliphatic heterocycles. The number of hydrogen-bond acceptors (Lipinski definition) is 4. The molecule has 1 aliphatic rings. The highest BCUT2D eigenvalue weighted by molar-refractivity contribution is 5.29. The molecule has 0 spiro atoms. The van der Waals surface area contributed by atoms with Crippen molar-refractivity contribution in [1.82, 2.24) is 15.8 Å². The predicted molar refractivity (Wildman–Crippen MR) is 70.4 cm³/mol. The molecule has 1 aromatic carbocycles. The SMILES string of the molecule is NC1NNC(c2cccnc2)C1c1ccccc1. The largest absolute Gasteiger partial charge is 0.314 e. The highest BCUT2D eigenvalue weighted by Crippen LogP contribution is 2.34. The second kappa shape index (κ2) is 4.86. The Hall–Kier alpha value is -1.75. The van der Waals surface area contributed by atoms with E-state index in [4.69, 9.17) is 5.73 Å². The van der Waals surface area contributed by atoms with Gasteiger partial charge in [-0.15, -0.1) is 0 Å². The van der Waals surface area contributed by atoms with Crippen LogP contribution in [0.25, 0.3) is 0 Å². The van der Waals surface area contributed by atoms with Gasteiger partial charge in [-0.3, -0.25) is 4.98 Å². The Labute approximate surface area is 106 Å². The van der Waals surface area contributed by atoms with Crippen LogP contribution in [0, 0.1) is 0 Å². The molecule has 3 rings (SSSR count). The van der Waals surface area contributed by atoms with E-state index in [1.54, 1.807) is 6.20 Å². The predicted octanol–water partition coefficient (Wildman–Crippen LogP) is 1.30. The molecule has 92 valence electrons. The molecule has 18 heavy (non-hydrogen) atoms. The fraction of sp³-hybridized carbons (Fsp3) is 0.214. The number of rotatable bonds is 2. The Morgan fingerprint density at radius 2 is 1.72 bits per heavy atom. The van der Waals surface area contributed by atoms with Gasteiger partial charge in [-0.25, -0.2) is 10.9 Å². The normalized spacial score (nSPS) is 27.3. The molecule has 1 fully saturated rings. The van der Waals surface area contributed by atoms with Crippen molar-refractivity contribution in [3.05, 3.63) is 66.0 Å². The van der Waals surface area contributed by atoms with Crippen molar-refractivity contribution in [3.8, 4) is 0 Å². The fourth-order valence-electron chi connectivity index (χ4n) is 2.50. The number of nitrogens with zero attached hydrogens (tertiary/aromatic N) is 1. The summed E-state index contributed by atoms with van der Waals surface area (Å²) in [5, 5.41) is 0. The standard InChI is InChI=1S/C14H16N4/c15-14-12(10-5-2-1-3-6-10)13(17-18-14)11-7-4-8-16-9-11/h1-9,12-14,17-18H,15H2. The van der Waals surface area contributed by atoms with Crippen molar-refractivity contribution < 1.29 is 0 Å². The van der Waals surface area contributed by atoms with Gasteiger partial charge in [-0.05, 0) is 17.2 Å². The maximum Gasteiger partial charge on any atom is 0.0767 e. The molecule has 4 heteroatoms. The van der Waals surface area contributed by atoms with Gasteiger partial charge in [0.1, 0.15) is 0 Å². The number of hydrazine groups is 1. The molecular formula is C14H16N4. The number of nitrogens with one attached hydrogen (secondary N) is 2. The van der Waals surface area contributed by atoms with Gasteiger partial charge in [0.2, 0.25) is 0 Å². The summed E-state index contributed by atoms with van der Waals surface area (Å²) < 4.78 is 0. The van der Waals surface area contributed by atoms with Crippen LogP contribution in [-0.4, -0.2) is 11.1 Å². The van der Waals surface area contributed by atoms with Crippen molar-refractivity contribution in [2.75, 3.05) is 0 Å². The smallest absolute Gasteiger partial charge is 0.0767 e. The molecule has 4 N–H and O–H groups in total. The van der Waals surface area contributed by atoms with Crippen LogP contribution in [0.2, 0.25) is 0 Å². The van der Waals surface area contributed by atoms with E-state index < -0.39 is 0 Å². The zero-order chi connectivity index (χ0) is 12.4. The van der Waals surface area contributed by atoms with Crippen molar-refractivity contribution in [3.63, 3.8) is 0 Å². The van der Waals surface area contributed by atoms with Crippen LogP contribution in [0.1, 0.15) is 23.1 Å². The molecule has 0 radical (unpaired) electrons. The summed E-state index contributed by atoms with van der Waals surface area (Å²) in [6.45, 7) is 0. The molecule has 0 saturated carbocycles. The number of pyridine rings is 1. The molecule has 2 heterocycles. The second-order valence-corrected chi connectivity index (χ2v) is 4.51. The first-order valence-corrected chi connectivity index (χ1v) is 6.08. The highest BCUT2D eigenvalue weighted by Gasteiger charge is 2.35. The molecule has 0 bridgehead atoms. The minimum atomic E-state index is -0.0994. The lowest BCUT2D eigenvalue weighted by Gasteiger charge is -2.21. The topological polar surface area (TPSA) is 63.0 Å². The molecule has 0 aliphatic carbocycles. The van der Waals surface area contributed by atoms with E-state index in [2.05, 4.69) is 34.0 Å². The summed E-state index contributed by atoms with van der Waals surface area (Å²) in [6, 6.07) is 14.5. The lowest BCUT2D eigenvalue weighted by atomic mass is 9.87. The molecule has 4 nitrogen and oxygen atoms in total. The molecular weight excluding hydrogens is 224 g/mol. The minimum Gasteiger partial charge on any atom is -0.314 e. The second-order valence-electron chi connectivity index (χ2n) is 4.51. The third-order valence-corrected chi connectivity index (χ3v) is 3.38. The van der Waals surface area contributed by atoms with E-state index in [1.165, 1.54) is 5.56 Å². The van der Waals surface area contributed by atoms with Gasteiger partial charge in [0.15, 0.2) is 0 Å². The minimum absolute atomic E-state index is 0.0994. The van der Waals surface area contributed by atoms with Gasteiger partial charge < -0.3 is 5.73 Å². The van der Waals surface area contributed by atoms with Crippen LogP contribution in [0.15, 0.2) is 54.9 Å². The molecule has 2 aromatic rings. The van der Waals surface area contributed by atoms with Crippen LogP contribution in [-0.2, 0) is 0 Å². The number of nitrogens with two attached hydrogens (primary N) is 1. The van der Waals surface area contributed by atoms with Crippen LogP contribution in [0.3, 0.4) is 0 Å². The Balaban J connectivity index is 1.96. The van der Waals surface area contributed by atoms with E-state index in [1.807, 2.05) is 30.5 Å². The van der Waals surface area contributed by atoms with Gasteiger partial charge in [0.05, 0.1) is 12.2 Å². The third kappa shape index (κ3) is 2.01. The van der Waals surface area contributed by atoms with Gasteiger partial charge in [-0.2, -0.15) is 0 Å². The first-order valence-electron chi connectivity index (χ1n) is 6.08. The lowest BCUT2D eigenvalue weighted by molar-refractivity contribution is 0.546. The Morgan fingerprint density at radius 1 is 0.944 bits per heavy atom. The molecule has 3 atom stereocenters.